The average molecular weight is 395 g/mol. The Balaban J connectivity index is 2.04. The minimum Gasteiger partial charge on any atom is -0.385 e. The van der Waals surface area contributed by atoms with E-state index in [1.54, 1.807) is 30.0 Å². The fraction of sp³-hybridized carbons (Fsp3) is 0.250. The molecule has 4 rings (SSSR count). The second-order valence-electron chi connectivity index (χ2n) is 7.24. The van der Waals surface area contributed by atoms with E-state index in [1.807, 2.05) is 31.4 Å². The molecule has 0 spiro atoms. The molecule has 1 aliphatic carbocycles. The van der Waals surface area contributed by atoms with E-state index in [1.165, 1.54) is 11.3 Å². The summed E-state index contributed by atoms with van der Waals surface area (Å²) in [6.07, 6.45) is 7.04. The van der Waals surface area contributed by atoms with E-state index in [2.05, 4.69) is 9.97 Å². The van der Waals surface area contributed by atoms with Gasteiger partial charge in [-0.1, -0.05) is 19.1 Å². The molecule has 144 valence electrons. The maximum Gasteiger partial charge on any atom is 0.253 e. The van der Waals surface area contributed by atoms with Crippen LogP contribution in [0.5, 0.6) is 0 Å². The Morgan fingerprint density at radius 3 is 2.79 bits per heavy atom. The van der Waals surface area contributed by atoms with Crippen molar-refractivity contribution < 1.29 is 9.90 Å². The highest BCUT2D eigenvalue weighted by molar-refractivity contribution is 7.13. The molecule has 3 aromatic heterocycles. The summed E-state index contributed by atoms with van der Waals surface area (Å²) in [5, 5.41) is 14.0. The second kappa shape index (κ2) is 6.29. The number of carbonyl (C=O) groups excluding carboxylic acids is 1. The summed E-state index contributed by atoms with van der Waals surface area (Å²) < 4.78 is 1.74. The molecule has 0 fully saturated rings. The zero-order chi connectivity index (χ0) is 20.2. The summed E-state index contributed by atoms with van der Waals surface area (Å²) in [5.74, 6) is -0.668. The Labute approximate surface area is 166 Å². The first kappa shape index (κ1) is 18.4. The molecule has 3 aromatic rings. The van der Waals surface area contributed by atoms with Crippen molar-refractivity contribution in [3.8, 4) is 10.6 Å². The number of amides is 1. The number of fused-ring (bicyclic) bond motifs is 1. The molecule has 0 bridgehead atoms. The quantitative estimate of drug-likeness (QED) is 0.629. The lowest BCUT2D eigenvalue weighted by Crippen LogP contribution is -2.35. The van der Waals surface area contributed by atoms with E-state index in [9.17, 15) is 9.90 Å². The summed E-state index contributed by atoms with van der Waals surface area (Å²) in [6, 6.07) is 1.84. The number of hydrogen-bond donors (Lipinski definition) is 3. The number of carbonyl (C=O) groups is 1. The molecule has 8 heteroatoms. The molecule has 0 unspecified atom stereocenters. The highest BCUT2D eigenvalue weighted by Gasteiger charge is 2.35. The Bertz CT molecular complexity index is 1160. The van der Waals surface area contributed by atoms with Crippen LogP contribution < -0.4 is 11.5 Å². The number of nitrogens with two attached hydrogens (primary N) is 2. The number of nitrogens with zero attached hydrogens (tertiary/aromatic N) is 3. The first-order valence-electron chi connectivity index (χ1n) is 8.84. The van der Waals surface area contributed by atoms with Gasteiger partial charge < -0.3 is 16.6 Å². The van der Waals surface area contributed by atoms with Gasteiger partial charge >= 0.3 is 0 Å². The Hall–Kier alpha value is -2.97. The molecule has 1 amide bonds. The maximum atomic E-state index is 12.2. The van der Waals surface area contributed by atoms with Gasteiger partial charge in [0.2, 0.25) is 0 Å². The first-order valence-corrected chi connectivity index (χ1v) is 9.72. The van der Waals surface area contributed by atoms with Crippen molar-refractivity contribution >= 4 is 39.8 Å². The van der Waals surface area contributed by atoms with Crippen molar-refractivity contribution in [3.05, 3.63) is 47.1 Å². The zero-order valence-electron chi connectivity index (χ0n) is 15.8. The van der Waals surface area contributed by atoms with Crippen LogP contribution in [0.15, 0.2) is 41.6 Å². The SMILES string of the molecule is CC1=C(n2c(N)c(C(N)=O)c3cc(-c4nccs4)cnc32)[C@H](C)[C@@](C)(O)C=C1. The zero-order valence-corrected chi connectivity index (χ0v) is 16.6. The van der Waals surface area contributed by atoms with Crippen LogP contribution in [0.3, 0.4) is 0 Å². The predicted octanol–water partition coefficient (Wildman–Crippen LogP) is 3.03. The minimum absolute atomic E-state index is 0.221. The van der Waals surface area contributed by atoms with Crippen molar-refractivity contribution in [3.63, 3.8) is 0 Å². The summed E-state index contributed by atoms with van der Waals surface area (Å²) in [4.78, 5) is 21.1. The van der Waals surface area contributed by atoms with Crippen molar-refractivity contribution in [1.29, 1.82) is 0 Å². The van der Waals surface area contributed by atoms with E-state index in [0.717, 1.165) is 21.8 Å². The molecule has 0 saturated heterocycles. The van der Waals surface area contributed by atoms with Crippen LogP contribution in [0.1, 0.15) is 31.1 Å². The number of thiazole rings is 1. The summed E-state index contributed by atoms with van der Waals surface area (Å²) in [7, 11) is 0. The number of nitrogen functional groups attached to an aromatic ring is 1. The topological polar surface area (TPSA) is 120 Å². The smallest absolute Gasteiger partial charge is 0.253 e. The summed E-state index contributed by atoms with van der Waals surface area (Å²) in [5.41, 5.74) is 14.3. The number of anilines is 1. The maximum absolute atomic E-state index is 12.2. The minimum atomic E-state index is -1.05. The van der Waals surface area contributed by atoms with Gasteiger partial charge in [-0.15, -0.1) is 11.3 Å². The Kier molecular flexibility index (Phi) is 4.13. The number of primary amides is 1. The largest absolute Gasteiger partial charge is 0.385 e. The van der Waals surface area contributed by atoms with Gasteiger partial charge in [-0.2, -0.15) is 0 Å². The number of aromatic nitrogens is 3. The van der Waals surface area contributed by atoms with Gasteiger partial charge in [0.05, 0.1) is 11.2 Å². The van der Waals surface area contributed by atoms with Crippen molar-refractivity contribution in [2.75, 3.05) is 5.73 Å². The Morgan fingerprint density at radius 2 is 2.14 bits per heavy atom. The third-order valence-corrected chi connectivity index (χ3v) is 6.20. The normalized spacial score (nSPS) is 22.2. The molecule has 28 heavy (non-hydrogen) atoms. The molecule has 0 radical (unpaired) electrons. The van der Waals surface area contributed by atoms with E-state index in [4.69, 9.17) is 11.5 Å². The van der Waals surface area contributed by atoms with Crippen LogP contribution in [0, 0.1) is 5.92 Å². The van der Waals surface area contributed by atoms with Crippen LogP contribution in [0.2, 0.25) is 0 Å². The van der Waals surface area contributed by atoms with Gasteiger partial charge in [-0.05, 0) is 25.5 Å². The molecule has 7 nitrogen and oxygen atoms in total. The first-order chi connectivity index (χ1) is 13.2. The van der Waals surface area contributed by atoms with Gasteiger partial charge in [0.25, 0.3) is 5.91 Å². The Morgan fingerprint density at radius 1 is 1.39 bits per heavy atom. The van der Waals surface area contributed by atoms with E-state index in [-0.39, 0.29) is 17.3 Å². The second-order valence-corrected chi connectivity index (χ2v) is 8.14. The summed E-state index contributed by atoms with van der Waals surface area (Å²) in [6.45, 7) is 5.60. The van der Waals surface area contributed by atoms with E-state index < -0.39 is 11.5 Å². The lowest BCUT2D eigenvalue weighted by Gasteiger charge is -2.34. The van der Waals surface area contributed by atoms with Crippen molar-refractivity contribution in [2.45, 2.75) is 26.4 Å². The monoisotopic (exact) mass is 395 g/mol. The van der Waals surface area contributed by atoms with E-state index in [0.29, 0.717) is 11.0 Å². The fourth-order valence-electron chi connectivity index (χ4n) is 3.68. The number of allylic oxidation sites excluding steroid dienone is 2. The predicted molar refractivity (Wildman–Crippen MR) is 112 cm³/mol. The van der Waals surface area contributed by atoms with E-state index >= 15 is 0 Å². The van der Waals surface area contributed by atoms with Gasteiger partial charge in [-0.3, -0.25) is 9.36 Å². The van der Waals surface area contributed by atoms with Crippen molar-refractivity contribution in [2.24, 2.45) is 11.7 Å². The average Bonchev–Trinajstić information content (AvgIpc) is 3.25. The van der Waals surface area contributed by atoms with Crippen LogP contribution in [-0.4, -0.2) is 31.1 Å². The number of rotatable bonds is 3. The van der Waals surface area contributed by atoms with Gasteiger partial charge in [-0.25, -0.2) is 9.97 Å². The molecule has 2 atom stereocenters. The van der Waals surface area contributed by atoms with Crippen molar-refractivity contribution in [1.82, 2.24) is 14.5 Å². The third-order valence-electron chi connectivity index (χ3n) is 5.37. The standard InChI is InChI=1S/C20H21N5O2S/c1-10-4-5-20(3,27)11(2)15(10)25-16(21)14(17(22)26)13-8-12(9-24-18(13)25)19-23-6-7-28-19/h4-9,11,27H,21H2,1-3H3,(H2,22,26)/t11-,20-/m0/s1. The van der Waals surface area contributed by atoms with Crippen LogP contribution in [-0.2, 0) is 0 Å². The molecular weight excluding hydrogens is 374 g/mol. The highest BCUT2D eigenvalue weighted by atomic mass is 32.1. The van der Waals surface area contributed by atoms with Crippen LogP contribution >= 0.6 is 11.3 Å². The molecule has 5 N–H and O–H groups in total. The molecule has 1 aliphatic rings. The number of hydrogen-bond acceptors (Lipinski definition) is 6. The lowest BCUT2D eigenvalue weighted by atomic mass is 9.81. The number of aliphatic hydroxyl groups is 1. The molecular formula is C20H21N5O2S. The highest BCUT2D eigenvalue weighted by Crippen LogP contribution is 2.41. The molecule has 3 heterocycles. The van der Waals surface area contributed by atoms with Gasteiger partial charge in [0, 0.05) is 40.3 Å². The molecule has 0 aliphatic heterocycles. The van der Waals surface area contributed by atoms with Crippen LogP contribution in [0.25, 0.3) is 27.3 Å². The van der Waals surface area contributed by atoms with Crippen LogP contribution in [0.4, 0.5) is 5.82 Å². The lowest BCUT2D eigenvalue weighted by molar-refractivity contribution is 0.0747. The van der Waals surface area contributed by atoms with Gasteiger partial charge in [0.15, 0.2) is 0 Å². The molecule has 0 saturated carbocycles. The summed E-state index contributed by atoms with van der Waals surface area (Å²) >= 11 is 1.48. The number of pyridine rings is 1. The fourth-order valence-corrected chi connectivity index (χ4v) is 4.30. The molecule has 0 aromatic carbocycles. The third kappa shape index (κ3) is 2.64. The van der Waals surface area contributed by atoms with Gasteiger partial charge in [0.1, 0.15) is 16.5 Å².